The average molecular weight is 641 g/mol. The third-order valence-corrected chi connectivity index (χ3v) is 9.45. The number of fused-ring (bicyclic) bond motifs is 6. The van der Waals surface area contributed by atoms with Gasteiger partial charge >= 0.3 is 0 Å². The van der Waals surface area contributed by atoms with Crippen molar-refractivity contribution < 1.29 is 4.42 Å². The smallest absolute Gasteiger partial charge is 0.164 e. The van der Waals surface area contributed by atoms with Crippen LogP contribution >= 0.6 is 0 Å². The first-order chi connectivity index (χ1) is 24.8. The lowest BCUT2D eigenvalue weighted by Crippen LogP contribution is -2.02. The minimum atomic E-state index is 0.618. The molecule has 0 bridgehead atoms. The van der Waals surface area contributed by atoms with Gasteiger partial charge in [0.2, 0.25) is 0 Å². The summed E-state index contributed by atoms with van der Waals surface area (Å²) >= 11 is 0. The number of benzene rings is 7. The van der Waals surface area contributed by atoms with Gasteiger partial charge in [0.15, 0.2) is 17.5 Å². The largest absolute Gasteiger partial charge is 0.456 e. The van der Waals surface area contributed by atoms with E-state index in [2.05, 4.69) is 102 Å². The van der Waals surface area contributed by atoms with Crippen molar-refractivity contribution in [2.75, 3.05) is 0 Å². The molecule has 0 radical (unpaired) electrons. The van der Waals surface area contributed by atoms with Gasteiger partial charge in [0.25, 0.3) is 0 Å². The van der Waals surface area contributed by atoms with Crippen LogP contribution in [-0.2, 0) is 0 Å². The first-order valence-electron chi connectivity index (χ1n) is 16.7. The van der Waals surface area contributed by atoms with Gasteiger partial charge in [0.05, 0.1) is 16.7 Å². The molecule has 0 unspecified atom stereocenters. The maximum Gasteiger partial charge on any atom is 0.164 e. The van der Waals surface area contributed by atoms with Crippen molar-refractivity contribution in [1.82, 2.24) is 19.5 Å². The predicted molar refractivity (Wildman–Crippen MR) is 203 cm³/mol. The van der Waals surface area contributed by atoms with E-state index in [0.29, 0.717) is 17.5 Å². The summed E-state index contributed by atoms with van der Waals surface area (Å²) in [6.07, 6.45) is 0. The molecule has 50 heavy (non-hydrogen) atoms. The van der Waals surface area contributed by atoms with Crippen LogP contribution in [0.3, 0.4) is 0 Å². The van der Waals surface area contributed by atoms with Crippen LogP contribution in [0.2, 0.25) is 0 Å². The van der Waals surface area contributed by atoms with Crippen molar-refractivity contribution in [3.8, 4) is 51.0 Å². The summed E-state index contributed by atoms with van der Waals surface area (Å²) in [7, 11) is 0. The molecular formula is C45H28N4O. The van der Waals surface area contributed by atoms with E-state index in [4.69, 9.17) is 19.4 Å². The highest BCUT2D eigenvalue weighted by atomic mass is 16.3. The third kappa shape index (κ3) is 4.60. The molecule has 3 heterocycles. The number of hydrogen-bond donors (Lipinski definition) is 0. The van der Waals surface area contributed by atoms with Crippen molar-refractivity contribution >= 4 is 43.7 Å². The van der Waals surface area contributed by atoms with Gasteiger partial charge in [-0.1, -0.05) is 127 Å². The van der Waals surface area contributed by atoms with E-state index >= 15 is 0 Å². The lowest BCUT2D eigenvalue weighted by atomic mass is 10.00. The second-order valence-electron chi connectivity index (χ2n) is 12.5. The van der Waals surface area contributed by atoms with Gasteiger partial charge in [-0.25, -0.2) is 15.0 Å². The van der Waals surface area contributed by atoms with E-state index < -0.39 is 0 Å². The monoisotopic (exact) mass is 640 g/mol. The maximum absolute atomic E-state index is 6.40. The van der Waals surface area contributed by atoms with E-state index in [1.165, 1.54) is 10.8 Å². The first-order valence-corrected chi connectivity index (χ1v) is 16.7. The number of hydrogen-bond acceptors (Lipinski definition) is 4. The highest BCUT2D eigenvalue weighted by Gasteiger charge is 2.20. The zero-order valence-corrected chi connectivity index (χ0v) is 26.9. The lowest BCUT2D eigenvalue weighted by Gasteiger charge is -2.16. The molecular weight excluding hydrogens is 613 g/mol. The molecule has 0 saturated carbocycles. The summed E-state index contributed by atoms with van der Waals surface area (Å²) in [5.41, 5.74) is 9.98. The van der Waals surface area contributed by atoms with Crippen molar-refractivity contribution in [1.29, 1.82) is 0 Å². The second kappa shape index (κ2) is 11.4. The molecule has 10 rings (SSSR count). The van der Waals surface area contributed by atoms with E-state index in [0.717, 1.165) is 66.5 Å². The Labute approximate surface area is 287 Å². The zero-order chi connectivity index (χ0) is 33.0. The Morgan fingerprint density at radius 1 is 0.360 bits per heavy atom. The Balaban J connectivity index is 1.23. The van der Waals surface area contributed by atoms with E-state index in [1.54, 1.807) is 0 Å². The van der Waals surface area contributed by atoms with Gasteiger partial charge in [0, 0.05) is 49.9 Å². The number of furan rings is 1. The summed E-state index contributed by atoms with van der Waals surface area (Å²) in [5, 5.41) is 4.61. The number of rotatable bonds is 5. The molecule has 0 atom stereocenters. The van der Waals surface area contributed by atoms with Crippen LogP contribution in [0.5, 0.6) is 0 Å². The van der Waals surface area contributed by atoms with E-state index in [1.807, 2.05) is 72.8 Å². The molecule has 0 aliphatic carbocycles. The van der Waals surface area contributed by atoms with Crippen LogP contribution < -0.4 is 0 Å². The first kappa shape index (κ1) is 28.2. The van der Waals surface area contributed by atoms with Gasteiger partial charge in [-0.05, 0) is 42.0 Å². The van der Waals surface area contributed by atoms with Crippen LogP contribution in [0.25, 0.3) is 94.7 Å². The molecule has 5 nitrogen and oxygen atoms in total. The molecule has 0 N–H and O–H groups in total. The van der Waals surface area contributed by atoms with Gasteiger partial charge in [-0.15, -0.1) is 0 Å². The molecule has 10 aromatic rings. The Bertz CT molecular complexity index is 2800. The van der Waals surface area contributed by atoms with Crippen LogP contribution in [0.4, 0.5) is 0 Å². The van der Waals surface area contributed by atoms with Crippen LogP contribution in [0, 0.1) is 0 Å². The molecule has 0 amide bonds. The molecule has 5 heteroatoms. The van der Waals surface area contributed by atoms with Gasteiger partial charge in [-0.3, -0.25) is 0 Å². The van der Waals surface area contributed by atoms with Crippen LogP contribution in [0.15, 0.2) is 174 Å². The standard InChI is InChI=1S/C45H28N4O/c1-4-14-29(15-5-1)35-26-32(45-47-43(30-16-6-2-7-17-30)46-44(48-45)31-18-8-3-9-19-31)24-25-39(35)49-38-22-12-10-20-33(38)36-27-37-34-21-11-13-23-41(34)50-42(37)28-40(36)49/h1-28H. The van der Waals surface area contributed by atoms with E-state index in [9.17, 15) is 0 Å². The fourth-order valence-electron chi connectivity index (χ4n) is 7.10. The van der Waals surface area contributed by atoms with Crippen molar-refractivity contribution in [3.05, 3.63) is 170 Å². The quantitative estimate of drug-likeness (QED) is 0.188. The van der Waals surface area contributed by atoms with Crippen molar-refractivity contribution in [2.24, 2.45) is 0 Å². The van der Waals surface area contributed by atoms with E-state index in [-0.39, 0.29) is 0 Å². The van der Waals surface area contributed by atoms with Crippen molar-refractivity contribution in [2.45, 2.75) is 0 Å². The average Bonchev–Trinajstić information content (AvgIpc) is 3.72. The van der Waals surface area contributed by atoms with Crippen LogP contribution in [-0.4, -0.2) is 19.5 Å². The van der Waals surface area contributed by atoms with Gasteiger partial charge in [0.1, 0.15) is 11.2 Å². The summed E-state index contributed by atoms with van der Waals surface area (Å²) in [4.78, 5) is 15.0. The highest BCUT2D eigenvalue weighted by Crippen LogP contribution is 2.41. The van der Waals surface area contributed by atoms with Gasteiger partial charge in [-0.2, -0.15) is 0 Å². The summed E-state index contributed by atoms with van der Waals surface area (Å²) < 4.78 is 8.76. The molecule has 0 aliphatic heterocycles. The fourth-order valence-corrected chi connectivity index (χ4v) is 7.10. The van der Waals surface area contributed by atoms with Gasteiger partial charge < -0.3 is 8.98 Å². The fraction of sp³-hybridized carbons (Fsp3) is 0. The molecule has 3 aromatic heterocycles. The summed E-state index contributed by atoms with van der Waals surface area (Å²) in [6.45, 7) is 0. The molecule has 0 aliphatic rings. The maximum atomic E-state index is 6.40. The Morgan fingerprint density at radius 2 is 0.920 bits per heavy atom. The Kier molecular flexibility index (Phi) is 6.42. The van der Waals surface area contributed by atoms with Crippen molar-refractivity contribution in [3.63, 3.8) is 0 Å². The zero-order valence-electron chi connectivity index (χ0n) is 26.9. The summed E-state index contributed by atoms with van der Waals surface area (Å²) in [6, 6.07) is 58.6. The normalized spacial score (nSPS) is 11.6. The number of aromatic nitrogens is 4. The topological polar surface area (TPSA) is 56.7 Å². The Morgan fingerprint density at radius 3 is 1.60 bits per heavy atom. The summed E-state index contributed by atoms with van der Waals surface area (Å²) in [5.74, 6) is 1.89. The minimum Gasteiger partial charge on any atom is -0.456 e. The highest BCUT2D eigenvalue weighted by molar-refractivity contribution is 6.17. The minimum absolute atomic E-state index is 0.618. The number of para-hydroxylation sites is 2. The number of nitrogens with zero attached hydrogens (tertiary/aromatic N) is 4. The lowest BCUT2D eigenvalue weighted by molar-refractivity contribution is 0.669. The third-order valence-electron chi connectivity index (χ3n) is 9.45. The Hall–Kier alpha value is -6.85. The molecule has 0 fully saturated rings. The second-order valence-corrected chi connectivity index (χ2v) is 12.5. The molecule has 234 valence electrons. The van der Waals surface area contributed by atoms with Crippen LogP contribution in [0.1, 0.15) is 0 Å². The SMILES string of the molecule is c1ccc(-c2nc(-c3ccccc3)nc(-c3ccc(-n4c5ccccc5c5cc6c(cc54)oc4ccccc46)c(-c4ccccc4)c3)n2)cc1. The molecule has 0 spiro atoms. The molecule has 7 aromatic carbocycles. The molecule has 0 saturated heterocycles. The predicted octanol–water partition coefficient (Wildman–Crippen LogP) is 11.5.